The first-order chi connectivity index (χ1) is 12.6. The Morgan fingerprint density at radius 1 is 1.12 bits per heavy atom. The molecular formula is C20H22N2O3S. The number of amides is 1. The molecule has 3 rings (SSSR count). The summed E-state index contributed by atoms with van der Waals surface area (Å²) in [5, 5.41) is 4.19. The van der Waals surface area contributed by atoms with Gasteiger partial charge in [-0.1, -0.05) is 17.7 Å². The number of aryl methyl sites for hydroxylation is 1. The first-order valence-electron chi connectivity index (χ1n) is 8.54. The largest absolute Gasteiger partial charge is 0.486 e. The van der Waals surface area contributed by atoms with Gasteiger partial charge in [-0.3, -0.25) is 4.79 Å². The van der Waals surface area contributed by atoms with E-state index in [1.165, 1.54) is 10.5 Å². The molecule has 0 spiro atoms. The second-order valence-corrected chi connectivity index (χ2v) is 7.17. The molecule has 0 unspecified atom stereocenters. The molecule has 1 amide bonds. The lowest BCUT2D eigenvalue weighted by molar-refractivity contribution is -0.120. The van der Waals surface area contributed by atoms with Crippen LogP contribution in [0.5, 0.6) is 11.5 Å². The highest BCUT2D eigenvalue weighted by Gasteiger charge is 2.12. The molecule has 0 aromatic heterocycles. The van der Waals surface area contributed by atoms with E-state index in [1.54, 1.807) is 11.8 Å². The van der Waals surface area contributed by atoms with Crippen LogP contribution >= 0.6 is 11.8 Å². The molecule has 1 N–H and O–H groups in total. The van der Waals surface area contributed by atoms with Crippen LogP contribution in [-0.2, 0) is 4.79 Å². The molecule has 2 aromatic rings. The van der Waals surface area contributed by atoms with E-state index in [-0.39, 0.29) is 5.91 Å². The third-order valence-electron chi connectivity index (χ3n) is 3.93. The molecule has 0 aliphatic carbocycles. The number of ether oxygens (including phenoxy) is 2. The highest BCUT2D eigenvalue weighted by atomic mass is 32.2. The van der Waals surface area contributed by atoms with Crippen molar-refractivity contribution in [1.29, 1.82) is 0 Å². The lowest BCUT2D eigenvalue weighted by Crippen LogP contribution is -2.20. The van der Waals surface area contributed by atoms with E-state index < -0.39 is 0 Å². The summed E-state index contributed by atoms with van der Waals surface area (Å²) in [6, 6.07) is 13.9. The SMILES string of the molecule is C/C(=N\NC(=O)CCSc1ccc(C)cc1)c1ccc2c(c1)OCCO2. The van der Waals surface area contributed by atoms with Gasteiger partial charge in [0.1, 0.15) is 13.2 Å². The number of hydrazone groups is 1. The molecule has 0 atom stereocenters. The van der Waals surface area contributed by atoms with E-state index in [4.69, 9.17) is 9.47 Å². The maximum atomic E-state index is 12.0. The molecule has 1 aliphatic heterocycles. The number of nitrogens with one attached hydrogen (secondary N) is 1. The van der Waals surface area contributed by atoms with Gasteiger partial charge in [0.2, 0.25) is 5.91 Å². The lowest BCUT2D eigenvalue weighted by Gasteiger charge is -2.18. The molecule has 0 fully saturated rings. The average molecular weight is 370 g/mol. The van der Waals surface area contributed by atoms with Gasteiger partial charge in [-0.2, -0.15) is 5.10 Å². The zero-order valence-electron chi connectivity index (χ0n) is 15.0. The van der Waals surface area contributed by atoms with E-state index in [9.17, 15) is 4.79 Å². The van der Waals surface area contributed by atoms with Crippen molar-refractivity contribution >= 4 is 23.4 Å². The van der Waals surface area contributed by atoms with E-state index in [0.29, 0.717) is 31.1 Å². The Bertz CT molecular complexity index is 803. The fourth-order valence-electron chi connectivity index (χ4n) is 2.43. The maximum Gasteiger partial charge on any atom is 0.240 e. The van der Waals surface area contributed by atoms with Crippen molar-refractivity contribution in [1.82, 2.24) is 5.43 Å². The number of carbonyl (C=O) groups is 1. The topological polar surface area (TPSA) is 59.9 Å². The number of fused-ring (bicyclic) bond motifs is 1. The van der Waals surface area contributed by atoms with E-state index in [1.807, 2.05) is 25.1 Å². The van der Waals surface area contributed by atoms with E-state index in [2.05, 4.69) is 41.7 Å². The number of benzene rings is 2. The Hall–Kier alpha value is -2.47. The van der Waals surface area contributed by atoms with Gasteiger partial charge in [-0.05, 0) is 44.2 Å². The summed E-state index contributed by atoms with van der Waals surface area (Å²) in [5.41, 5.74) is 5.47. The summed E-state index contributed by atoms with van der Waals surface area (Å²) in [4.78, 5) is 13.1. The van der Waals surface area contributed by atoms with Crippen LogP contribution in [0.25, 0.3) is 0 Å². The van der Waals surface area contributed by atoms with Gasteiger partial charge >= 0.3 is 0 Å². The van der Waals surface area contributed by atoms with Crippen molar-refractivity contribution in [3.8, 4) is 11.5 Å². The number of nitrogens with zero attached hydrogens (tertiary/aromatic N) is 1. The number of hydrogen-bond acceptors (Lipinski definition) is 5. The fraction of sp³-hybridized carbons (Fsp3) is 0.300. The number of hydrogen-bond donors (Lipinski definition) is 1. The molecule has 5 nitrogen and oxygen atoms in total. The van der Waals surface area contributed by atoms with Crippen molar-refractivity contribution in [2.45, 2.75) is 25.2 Å². The van der Waals surface area contributed by atoms with Gasteiger partial charge in [0.05, 0.1) is 5.71 Å². The quantitative estimate of drug-likeness (QED) is 0.477. The molecule has 1 heterocycles. The van der Waals surface area contributed by atoms with Crippen molar-refractivity contribution in [2.75, 3.05) is 19.0 Å². The number of thioether (sulfide) groups is 1. The second-order valence-electron chi connectivity index (χ2n) is 6.00. The summed E-state index contributed by atoms with van der Waals surface area (Å²) in [6.07, 6.45) is 0.413. The minimum absolute atomic E-state index is 0.0958. The second kappa shape index (κ2) is 8.76. The molecule has 2 aromatic carbocycles. The Morgan fingerprint density at radius 3 is 2.62 bits per heavy atom. The number of rotatable bonds is 6. The number of carbonyl (C=O) groups excluding carboxylic acids is 1. The van der Waals surface area contributed by atoms with E-state index in [0.717, 1.165) is 17.0 Å². The van der Waals surface area contributed by atoms with Crippen LogP contribution in [0, 0.1) is 6.92 Å². The Labute approximate surface area is 157 Å². The highest BCUT2D eigenvalue weighted by molar-refractivity contribution is 7.99. The summed E-state index contributed by atoms with van der Waals surface area (Å²) in [6.45, 7) is 5.02. The van der Waals surface area contributed by atoms with Crippen LogP contribution in [0.4, 0.5) is 0 Å². The zero-order chi connectivity index (χ0) is 18.4. The molecule has 6 heteroatoms. The van der Waals surface area contributed by atoms with Crippen molar-refractivity contribution in [2.24, 2.45) is 5.10 Å². The monoisotopic (exact) mass is 370 g/mol. The van der Waals surface area contributed by atoms with Gasteiger partial charge in [0, 0.05) is 22.6 Å². The third-order valence-corrected chi connectivity index (χ3v) is 4.94. The molecule has 26 heavy (non-hydrogen) atoms. The van der Waals surface area contributed by atoms with Gasteiger partial charge in [-0.15, -0.1) is 11.8 Å². The molecule has 0 bridgehead atoms. The molecule has 0 saturated carbocycles. The molecule has 0 saturated heterocycles. The summed E-state index contributed by atoms with van der Waals surface area (Å²) in [5.74, 6) is 2.07. The van der Waals surface area contributed by atoms with Crippen molar-refractivity contribution in [3.05, 3.63) is 53.6 Å². The van der Waals surface area contributed by atoms with Gasteiger partial charge in [0.25, 0.3) is 0 Å². The third kappa shape index (κ3) is 5.02. The first kappa shape index (κ1) is 18.3. The van der Waals surface area contributed by atoms with Crippen LogP contribution in [0.1, 0.15) is 24.5 Å². The maximum absolute atomic E-state index is 12.0. The first-order valence-corrected chi connectivity index (χ1v) is 9.53. The highest BCUT2D eigenvalue weighted by Crippen LogP contribution is 2.30. The minimum Gasteiger partial charge on any atom is -0.486 e. The standard InChI is InChI=1S/C20H22N2O3S/c1-14-3-6-17(7-4-14)26-12-9-20(23)22-21-15(2)16-5-8-18-19(13-16)25-11-10-24-18/h3-8,13H,9-12H2,1-2H3,(H,22,23)/b21-15+. The normalized spacial score (nSPS) is 13.4. The average Bonchev–Trinajstić information content (AvgIpc) is 2.67. The van der Waals surface area contributed by atoms with Crippen molar-refractivity contribution in [3.63, 3.8) is 0 Å². The van der Waals surface area contributed by atoms with Gasteiger partial charge < -0.3 is 9.47 Å². The van der Waals surface area contributed by atoms with E-state index >= 15 is 0 Å². The lowest BCUT2D eigenvalue weighted by atomic mass is 10.1. The molecule has 1 aliphatic rings. The minimum atomic E-state index is -0.0958. The molecule has 136 valence electrons. The van der Waals surface area contributed by atoms with Gasteiger partial charge in [0.15, 0.2) is 11.5 Å². The van der Waals surface area contributed by atoms with Crippen LogP contribution in [0.2, 0.25) is 0 Å². The zero-order valence-corrected chi connectivity index (χ0v) is 15.8. The molecule has 0 radical (unpaired) electrons. The van der Waals surface area contributed by atoms with Crippen LogP contribution in [0.15, 0.2) is 52.5 Å². The fourth-order valence-corrected chi connectivity index (χ4v) is 3.28. The summed E-state index contributed by atoms with van der Waals surface area (Å²) < 4.78 is 11.1. The predicted molar refractivity (Wildman–Crippen MR) is 104 cm³/mol. The summed E-state index contributed by atoms with van der Waals surface area (Å²) >= 11 is 1.66. The predicted octanol–water partition coefficient (Wildman–Crippen LogP) is 3.79. The Morgan fingerprint density at radius 2 is 1.85 bits per heavy atom. The Kier molecular flexibility index (Phi) is 6.17. The van der Waals surface area contributed by atoms with Crippen LogP contribution < -0.4 is 14.9 Å². The Balaban J connectivity index is 1.48. The van der Waals surface area contributed by atoms with Crippen LogP contribution in [0.3, 0.4) is 0 Å². The van der Waals surface area contributed by atoms with Crippen LogP contribution in [-0.4, -0.2) is 30.6 Å². The summed E-state index contributed by atoms with van der Waals surface area (Å²) in [7, 11) is 0. The molecular weight excluding hydrogens is 348 g/mol. The van der Waals surface area contributed by atoms with Gasteiger partial charge in [-0.25, -0.2) is 5.43 Å². The van der Waals surface area contributed by atoms with Crippen molar-refractivity contribution < 1.29 is 14.3 Å². The smallest absolute Gasteiger partial charge is 0.240 e.